The molecule has 1 aromatic heterocycles. The van der Waals surface area contributed by atoms with Gasteiger partial charge in [0.25, 0.3) is 0 Å². The molecule has 0 unspecified atom stereocenters. The van der Waals surface area contributed by atoms with Crippen LogP contribution < -0.4 is 14.8 Å². The van der Waals surface area contributed by atoms with Crippen LogP contribution in [-0.4, -0.2) is 55.3 Å². The second-order valence-electron chi connectivity index (χ2n) is 5.30. The second kappa shape index (κ2) is 8.79. The molecule has 0 atom stereocenters. The Hall–Kier alpha value is -1.40. The van der Waals surface area contributed by atoms with Crippen molar-refractivity contribution in [1.29, 1.82) is 0 Å². The van der Waals surface area contributed by atoms with Gasteiger partial charge in [0.1, 0.15) is 6.33 Å². The van der Waals surface area contributed by atoms with Gasteiger partial charge in [-0.2, -0.15) is 0 Å². The molecule has 118 valence electrons. The lowest BCUT2D eigenvalue weighted by atomic mass is 10.1. The molecule has 6 heteroatoms. The fourth-order valence-corrected chi connectivity index (χ4v) is 2.71. The topological polar surface area (TPSA) is 59.5 Å². The van der Waals surface area contributed by atoms with E-state index in [0.717, 1.165) is 18.5 Å². The summed E-state index contributed by atoms with van der Waals surface area (Å²) in [5.74, 6) is 1.15. The molecule has 0 saturated carbocycles. The van der Waals surface area contributed by atoms with Gasteiger partial charge in [-0.1, -0.05) is 6.42 Å². The van der Waals surface area contributed by atoms with E-state index in [1.807, 2.05) is 0 Å². The van der Waals surface area contributed by atoms with Gasteiger partial charge in [0.15, 0.2) is 0 Å². The predicted octanol–water partition coefficient (Wildman–Crippen LogP) is 1.46. The summed E-state index contributed by atoms with van der Waals surface area (Å²) in [6.07, 6.45) is 6.70. The lowest BCUT2D eigenvalue weighted by molar-refractivity contribution is 0.225. The van der Waals surface area contributed by atoms with Gasteiger partial charge >= 0.3 is 0 Å². The minimum absolute atomic E-state index is 0.574. The molecule has 0 amide bonds. The number of methoxy groups -OCH3 is 2. The Labute approximate surface area is 126 Å². The molecule has 1 aromatic rings. The average Bonchev–Trinajstić information content (AvgIpc) is 2.55. The van der Waals surface area contributed by atoms with Crippen molar-refractivity contribution in [3.05, 3.63) is 11.9 Å². The van der Waals surface area contributed by atoms with Crippen LogP contribution >= 0.6 is 0 Å². The summed E-state index contributed by atoms with van der Waals surface area (Å²) < 4.78 is 10.5. The SMILES string of the molecule is COc1ncnc(OC)c1CNCCCN1CCCCC1. The molecule has 1 aliphatic heterocycles. The van der Waals surface area contributed by atoms with Gasteiger partial charge in [0, 0.05) is 6.54 Å². The maximum atomic E-state index is 5.26. The molecule has 2 rings (SSSR count). The highest BCUT2D eigenvalue weighted by atomic mass is 16.5. The number of ether oxygens (including phenoxy) is 2. The highest BCUT2D eigenvalue weighted by molar-refractivity contribution is 5.34. The Morgan fingerprint density at radius 3 is 2.38 bits per heavy atom. The van der Waals surface area contributed by atoms with Crippen LogP contribution in [0.5, 0.6) is 11.8 Å². The quantitative estimate of drug-likeness (QED) is 0.733. The number of nitrogens with one attached hydrogen (secondary N) is 1. The van der Waals surface area contributed by atoms with Crippen molar-refractivity contribution in [3.63, 3.8) is 0 Å². The lowest BCUT2D eigenvalue weighted by Crippen LogP contribution is -2.32. The summed E-state index contributed by atoms with van der Waals surface area (Å²) in [6.45, 7) is 5.32. The Balaban J connectivity index is 1.72. The van der Waals surface area contributed by atoms with Crippen LogP contribution in [0.1, 0.15) is 31.2 Å². The van der Waals surface area contributed by atoms with Crippen molar-refractivity contribution < 1.29 is 9.47 Å². The van der Waals surface area contributed by atoms with Crippen molar-refractivity contribution in [2.45, 2.75) is 32.2 Å². The van der Waals surface area contributed by atoms with Crippen LogP contribution in [0.15, 0.2) is 6.33 Å². The van der Waals surface area contributed by atoms with Crippen molar-refractivity contribution in [2.24, 2.45) is 0 Å². The van der Waals surface area contributed by atoms with E-state index in [2.05, 4.69) is 20.2 Å². The smallest absolute Gasteiger partial charge is 0.224 e. The lowest BCUT2D eigenvalue weighted by Gasteiger charge is -2.26. The molecule has 2 heterocycles. The van der Waals surface area contributed by atoms with Crippen LogP contribution in [0.2, 0.25) is 0 Å². The molecule has 0 spiro atoms. The highest BCUT2D eigenvalue weighted by Gasteiger charge is 2.12. The molecule has 0 radical (unpaired) electrons. The van der Waals surface area contributed by atoms with Crippen LogP contribution in [0.3, 0.4) is 0 Å². The minimum atomic E-state index is 0.574. The van der Waals surface area contributed by atoms with Gasteiger partial charge in [0.2, 0.25) is 11.8 Å². The second-order valence-corrected chi connectivity index (χ2v) is 5.30. The summed E-state index contributed by atoms with van der Waals surface area (Å²) in [6, 6.07) is 0. The summed E-state index contributed by atoms with van der Waals surface area (Å²) in [4.78, 5) is 10.8. The summed E-state index contributed by atoms with van der Waals surface area (Å²) in [7, 11) is 3.23. The summed E-state index contributed by atoms with van der Waals surface area (Å²) in [5, 5.41) is 3.42. The summed E-state index contributed by atoms with van der Waals surface area (Å²) >= 11 is 0. The molecule has 1 N–H and O–H groups in total. The maximum Gasteiger partial charge on any atom is 0.224 e. The van der Waals surface area contributed by atoms with E-state index in [0.29, 0.717) is 18.3 Å². The van der Waals surface area contributed by atoms with E-state index < -0.39 is 0 Å². The zero-order valence-corrected chi connectivity index (χ0v) is 13.1. The Morgan fingerprint density at radius 1 is 1.10 bits per heavy atom. The largest absolute Gasteiger partial charge is 0.481 e. The van der Waals surface area contributed by atoms with Gasteiger partial charge in [-0.25, -0.2) is 9.97 Å². The van der Waals surface area contributed by atoms with Crippen molar-refractivity contribution in [2.75, 3.05) is 40.4 Å². The number of hydrogen-bond donors (Lipinski definition) is 1. The minimum Gasteiger partial charge on any atom is -0.481 e. The van der Waals surface area contributed by atoms with Crippen molar-refractivity contribution in [1.82, 2.24) is 20.2 Å². The maximum absolute atomic E-state index is 5.26. The van der Waals surface area contributed by atoms with Crippen LogP contribution in [-0.2, 0) is 6.54 Å². The molecule has 1 fully saturated rings. The third kappa shape index (κ3) is 4.82. The number of hydrogen-bond acceptors (Lipinski definition) is 6. The normalized spacial score (nSPS) is 15.9. The Kier molecular flexibility index (Phi) is 6.69. The zero-order chi connectivity index (χ0) is 14.9. The molecule has 0 aliphatic carbocycles. The number of piperidine rings is 1. The third-order valence-electron chi connectivity index (χ3n) is 3.83. The molecule has 21 heavy (non-hydrogen) atoms. The molecule has 0 bridgehead atoms. The summed E-state index contributed by atoms with van der Waals surface area (Å²) in [5.41, 5.74) is 0.875. The van der Waals surface area contributed by atoms with Crippen LogP contribution in [0.4, 0.5) is 0 Å². The molecule has 0 aromatic carbocycles. The van der Waals surface area contributed by atoms with Gasteiger partial charge in [-0.3, -0.25) is 0 Å². The van der Waals surface area contributed by atoms with E-state index in [1.165, 1.54) is 45.2 Å². The first kappa shape index (κ1) is 16.0. The highest BCUT2D eigenvalue weighted by Crippen LogP contribution is 2.22. The predicted molar refractivity (Wildman–Crippen MR) is 81.8 cm³/mol. The first-order valence-corrected chi connectivity index (χ1v) is 7.70. The third-order valence-corrected chi connectivity index (χ3v) is 3.83. The number of aromatic nitrogens is 2. The molecule has 6 nitrogen and oxygen atoms in total. The first-order valence-electron chi connectivity index (χ1n) is 7.70. The van der Waals surface area contributed by atoms with Crippen molar-refractivity contribution >= 4 is 0 Å². The number of nitrogens with zero attached hydrogens (tertiary/aromatic N) is 3. The van der Waals surface area contributed by atoms with Gasteiger partial charge in [-0.05, 0) is 45.4 Å². The molecular formula is C15H26N4O2. The van der Waals surface area contributed by atoms with E-state index in [4.69, 9.17) is 9.47 Å². The van der Waals surface area contributed by atoms with Crippen LogP contribution in [0, 0.1) is 0 Å². The zero-order valence-electron chi connectivity index (χ0n) is 13.1. The number of rotatable bonds is 8. The Bertz CT molecular complexity index is 400. The molecular weight excluding hydrogens is 268 g/mol. The van der Waals surface area contributed by atoms with Crippen LogP contribution in [0.25, 0.3) is 0 Å². The van der Waals surface area contributed by atoms with Gasteiger partial charge in [0.05, 0.1) is 19.8 Å². The van der Waals surface area contributed by atoms with E-state index >= 15 is 0 Å². The molecule has 1 saturated heterocycles. The molecule has 1 aliphatic rings. The Morgan fingerprint density at radius 2 is 1.76 bits per heavy atom. The fourth-order valence-electron chi connectivity index (χ4n) is 2.71. The average molecular weight is 294 g/mol. The van der Waals surface area contributed by atoms with Gasteiger partial charge < -0.3 is 19.7 Å². The van der Waals surface area contributed by atoms with E-state index in [9.17, 15) is 0 Å². The fraction of sp³-hybridized carbons (Fsp3) is 0.733. The van der Waals surface area contributed by atoms with E-state index in [-0.39, 0.29) is 0 Å². The standard InChI is InChI=1S/C15H26N4O2/c1-20-14-13(15(21-2)18-12-17-14)11-16-7-6-10-19-8-4-3-5-9-19/h12,16H,3-11H2,1-2H3. The van der Waals surface area contributed by atoms with E-state index in [1.54, 1.807) is 14.2 Å². The van der Waals surface area contributed by atoms with Crippen molar-refractivity contribution in [3.8, 4) is 11.8 Å². The van der Waals surface area contributed by atoms with Gasteiger partial charge in [-0.15, -0.1) is 0 Å². The first-order chi connectivity index (χ1) is 10.3. The monoisotopic (exact) mass is 294 g/mol. The number of likely N-dealkylation sites (tertiary alicyclic amines) is 1.